The molecule has 6 rings (SSSR count). The van der Waals surface area contributed by atoms with E-state index in [1.165, 1.54) is 36.4 Å². The molecule has 0 aliphatic carbocycles. The maximum atomic E-state index is 12.4. The number of hydrogen-bond acceptors (Lipinski definition) is 14. The zero-order chi connectivity index (χ0) is 38.0. The number of hydrogen-bond donors (Lipinski definition) is 6. The molecular weight excluding hydrogens is 767 g/mol. The standard InChI is InChI=1S/C30H21N5O13S4/c31-22-14-18(50(40,41)42)11-16-12-26(51(43,44)45)28(29(36)27(16)22)35-33-23-9-10-24(21-13-17(49(37,38)39)6-7-20(21)23)32-34-25-8-5-15-3-1-2-4-19(15)30(25)52(46,47)48/h1-14,36H,31H2,(H,37,38,39)(H,40,41,42)(H,43,44,45)(H,46,47,48)/b34-32+,35-33+. The van der Waals surface area contributed by atoms with Crippen molar-refractivity contribution in [3.8, 4) is 5.75 Å². The summed E-state index contributed by atoms with van der Waals surface area (Å²) in [6.45, 7) is 0. The van der Waals surface area contributed by atoms with E-state index in [1.54, 1.807) is 18.2 Å². The van der Waals surface area contributed by atoms with Crippen molar-refractivity contribution in [3.63, 3.8) is 0 Å². The average Bonchev–Trinajstić information content (AvgIpc) is 3.04. The number of fused-ring (bicyclic) bond motifs is 3. The molecule has 0 aromatic heterocycles. The van der Waals surface area contributed by atoms with Crippen LogP contribution in [0.3, 0.4) is 0 Å². The Bertz CT molecular complexity index is 3040. The quantitative estimate of drug-likeness (QED) is 0.0564. The number of anilines is 1. The Hall–Kier alpha value is -5.46. The zero-order valence-corrected chi connectivity index (χ0v) is 28.9. The van der Waals surface area contributed by atoms with E-state index in [2.05, 4.69) is 20.5 Å². The van der Waals surface area contributed by atoms with Crippen molar-refractivity contribution in [2.45, 2.75) is 19.6 Å². The first kappa shape index (κ1) is 36.3. The van der Waals surface area contributed by atoms with Gasteiger partial charge < -0.3 is 10.8 Å². The fourth-order valence-corrected chi connectivity index (χ4v) is 7.91. The highest BCUT2D eigenvalue weighted by Gasteiger charge is 2.25. The maximum Gasteiger partial charge on any atom is 0.297 e. The van der Waals surface area contributed by atoms with Gasteiger partial charge in [-0.2, -0.15) is 33.7 Å². The Kier molecular flexibility index (Phi) is 8.83. The van der Waals surface area contributed by atoms with E-state index in [9.17, 15) is 57.0 Å². The topological polar surface area (TPSA) is 313 Å². The third kappa shape index (κ3) is 6.91. The molecule has 0 heterocycles. The fourth-order valence-electron chi connectivity index (χ4n) is 5.36. The SMILES string of the molecule is Nc1cc(S(=O)(=O)O)cc2cc(S(=O)(=O)O)c(/N=N/c3ccc(/N=N/c4ccc5ccccc5c4S(=O)(=O)O)c4cc(S(=O)(=O)O)ccc34)c(O)c12. The Morgan fingerprint density at radius 2 is 1.10 bits per heavy atom. The highest BCUT2D eigenvalue weighted by atomic mass is 32.2. The van der Waals surface area contributed by atoms with Crippen molar-refractivity contribution in [1.29, 1.82) is 0 Å². The third-order valence-corrected chi connectivity index (χ3v) is 11.1. The second-order valence-corrected chi connectivity index (χ2v) is 16.5. The third-order valence-electron chi connectivity index (χ3n) is 7.61. The van der Waals surface area contributed by atoms with Crippen LogP contribution in [0, 0.1) is 0 Å². The fraction of sp³-hybridized carbons (Fsp3) is 0. The molecule has 0 amide bonds. The average molecular weight is 788 g/mol. The highest BCUT2D eigenvalue weighted by molar-refractivity contribution is 7.86. The molecule has 0 saturated carbocycles. The van der Waals surface area contributed by atoms with E-state index in [0.29, 0.717) is 5.39 Å². The van der Waals surface area contributed by atoms with E-state index < -0.39 is 77.2 Å². The van der Waals surface area contributed by atoms with Crippen LogP contribution in [-0.2, 0) is 40.5 Å². The number of rotatable bonds is 8. The van der Waals surface area contributed by atoms with Crippen molar-refractivity contribution in [1.82, 2.24) is 0 Å². The molecule has 22 heteroatoms. The number of aromatic hydroxyl groups is 1. The van der Waals surface area contributed by atoms with E-state index >= 15 is 0 Å². The van der Waals surface area contributed by atoms with E-state index in [1.807, 2.05) is 0 Å². The second kappa shape index (κ2) is 12.6. The van der Waals surface area contributed by atoms with E-state index in [0.717, 1.165) is 30.3 Å². The minimum atomic E-state index is -5.19. The van der Waals surface area contributed by atoms with Gasteiger partial charge in [0, 0.05) is 27.2 Å². The number of azo groups is 2. The van der Waals surface area contributed by atoms with Crippen LogP contribution in [-0.4, -0.2) is 57.0 Å². The lowest BCUT2D eigenvalue weighted by molar-refractivity contribution is 0.472. The molecule has 268 valence electrons. The first-order valence-electron chi connectivity index (χ1n) is 14.1. The summed E-state index contributed by atoms with van der Waals surface area (Å²) in [4.78, 5) is -2.94. The molecule has 6 aromatic rings. The molecule has 0 aliphatic rings. The Morgan fingerprint density at radius 1 is 0.500 bits per heavy atom. The van der Waals surface area contributed by atoms with Crippen LogP contribution in [0.25, 0.3) is 32.3 Å². The lowest BCUT2D eigenvalue weighted by Gasteiger charge is -2.12. The van der Waals surface area contributed by atoms with Gasteiger partial charge in [-0.05, 0) is 59.3 Å². The van der Waals surface area contributed by atoms with Gasteiger partial charge in [-0.1, -0.05) is 36.4 Å². The van der Waals surface area contributed by atoms with Gasteiger partial charge in [0.25, 0.3) is 40.5 Å². The molecular formula is C30H21N5O13S4. The summed E-state index contributed by atoms with van der Waals surface area (Å²) in [5.74, 6) is -0.957. The second-order valence-electron chi connectivity index (χ2n) is 10.9. The first-order chi connectivity index (χ1) is 24.1. The molecule has 0 bridgehead atoms. The van der Waals surface area contributed by atoms with Crippen molar-refractivity contribution in [2.24, 2.45) is 20.5 Å². The van der Waals surface area contributed by atoms with Crippen LogP contribution in [0.5, 0.6) is 5.75 Å². The van der Waals surface area contributed by atoms with Crippen LogP contribution in [0.2, 0.25) is 0 Å². The molecule has 0 aliphatic heterocycles. The zero-order valence-electron chi connectivity index (χ0n) is 25.6. The number of nitrogens with two attached hydrogens (primary N) is 1. The molecule has 6 aromatic carbocycles. The van der Waals surface area contributed by atoms with Crippen LogP contribution in [0.4, 0.5) is 28.4 Å². The molecule has 0 spiro atoms. The molecule has 0 unspecified atom stereocenters. The summed E-state index contributed by atoms with van der Waals surface area (Å²) < 4.78 is 136. The summed E-state index contributed by atoms with van der Waals surface area (Å²) in [6.07, 6.45) is 0. The van der Waals surface area contributed by atoms with Gasteiger partial charge in [0.1, 0.15) is 21.2 Å². The molecule has 18 nitrogen and oxygen atoms in total. The minimum Gasteiger partial charge on any atom is -0.505 e. The van der Waals surface area contributed by atoms with E-state index in [-0.39, 0.29) is 44.0 Å². The predicted octanol–water partition coefficient (Wildman–Crippen LogP) is 6.25. The normalized spacial score (nSPS) is 13.2. The number of phenols is 1. The van der Waals surface area contributed by atoms with Gasteiger partial charge in [0.15, 0.2) is 5.75 Å². The summed E-state index contributed by atoms with van der Waals surface area (Å²) in [6, 6.07) is 17.0. The number of nitrogen functional groups attached to an aromatic ring is 1. The number of benzene rings is 6. The first-order valence-corrected chi connectivity index (χ1v) is 19.8. The summed E-state index contributed by atoms with van der Waals surface area (Å²) >= 11 is 0. The Balaban J connectivity index is 1.55. The smallest absolute Gasteiger partial charge is 0.297 e. The number of nitrogens with zero attached hydrogens (tertiary/aromatic N) is 4. The number of phenolic OH excluding ortho intramolecular Hbond substituents is 1. The summed E-state index contributed by atoms with van der Waals surface area (Å²) in [5.41, 5.74) is 4.11. The van der Waals surface area contributed by atoms with Crippen LogP contribution in [0.1, 0.15) is 0 Å². The largest absolute Gasteiger partial charge is 0.505 e. The summed E-state index contributed by atoms with van der Waals surface area (Å²) in [7, 11) is -19.7. The van der Waals surface area contributed by atoms with Crippen LogP contribution >= 0.6 is 0 Å². The molecule has 7 N–H and O–H groups in total. The van der Waals surface area contributed by atoms with Gasteiger partial charge in [-0.25, -0.2) is 0 Å². The van der Waals surface area contributed by atoms with Gasteiger partial charge in [0.05, 0.1) is 21.2 Å². The predicted molar refractivity (Wildman–Crippen MR) is 186 cm³/mol. The van der Waals surface area contributed by atoms with Crippen molar-refractivity contribution in [2.75, 3.05) is 5.73 Å². The molecule has 0 fully saturated rings. The lowest BCUT2D eigenvalue weighted by atomic mass is 10.1. The summed E-state index contributed by atoms with van der Waals surface area (Å²) in [5, 5.41) is 26.9. The van der Waals surface area contributed by atoms with Crippen LogP contribution in [0.15, 0.2) is 125 Å². The lowest BCUT2D eigenvalue weighted by Crippen LogP contribution is -2.02. The van der Waals surface area contributed by atoms with Gasteiger partial charge in [-0.3, -0.25) is 18.2 Å². The minimum absolute atomic E-state index is 0.0482. The van der Waals surface area contributed by atoms with Crippen molar-refractivity contribution < 1.29 is 57.0 Å². The highest BCUT2D eigenvalue weighted by Crippen LogP contribution is 2.45. The van der Waals surface area contributed by atoms with E-state index in [4.69, 9.17) is 5.73 Å². The van der Waals surface area contributed by atoms with Crippen molar-refractivity contribution >= 4 is 101 Å². The molecule has 0 saturated heterocycles. The van der Waals surface area contributed by atoms with Gasteiger partial charge in [0.2, 0.25) is 0 Å². The molecule has 0 radical (unpaired) electrons. The Labute approximate surface area is 293 Å². The molecule has 52 heavy (non-hydrogen) atoms. The van der Waals surface area contributed by atoms with Gasteiger partial charge >= 0.3 is 0 Å². The Morgan fingerprint density at radius 3 is 1.73 bits per heavy atom. The van der Waals surface area contributed by atoms with Gasteiger partial charge in [-0.15, -0.1) is 20.5 Å². The van der Waals surface area contributed by atoms with Crippen LogP contribution < -0.4 is 5.73 Å². The van der Waals surface area contributed by atoms with Crippen molar-refractivity contribution in [3.05, 3.63) is 84.9 Å². The maximum absolute atomic E-state index is 12.4. The molecule has 0 atom stereocenters. The monoisotopic (exact) mass is 787 g/mol.